The van der Waals surface area contributed by atoms with E-state index in [9.17, 15) is 9.59 Å². The minimum atomic E-state index is -0.578. The number of halogens is 1. The van der Waals surface area contributed by atoms with E-state index in [1.165, 1.54) is 0 Å². The third kappa shape index (κ3) is 3.46. The molecule has 156 valence electrons. The van der Waals surface area contributed by atoms with Crippen LogP contribution in [-0.4, -0.2) is 50.0 Å². The van der Waals surface area contributed by atoms with Crippen molar-refractivity contribution in [1.82, 2.24) is 9.80 Å². The summed E-state index contributed by atoms with van der Waals surface area (Å²) >= 11 is 6.12. The molecular formula is C23H23ClN2O4. The molecular weight excluding hydrogens is 404 g/mol. The van der Waals surface area contributed by atoms with Gasteiger partial charge in [0.25, 0.3) is 5.91 Å². The molecule has 2 aromatic carbocycles. The summed E-state index contributed by atoms with van der Waals surface area (Å²) < 4.78 is 11.5. The zero-order chi connectivity index (χ0) is 21.4. The zero-order valence-corrected chi connectivity index (χ0v) is 17.9. The summed E-state index contributed by atoms with van der Waals surface area (Å²) in [6, 6.07) is 11.7. The average Bonchev–Trinajstić information content (AvgIpc) is 3.00. The number of rotatable bonds is 6. The van der Waals surface area contributed by atoms with Crippen LogP contribution in [0, 0.1) is 0 Å². The van der Waals surface area contributed by atoms with Gasteiger partial charge in [-0.25, -0.2) is 0 Å². The van der Waals surface area contributed by atoms with Crippen LogP contribution in [0.3, 0.4) is 0 Å². The number of methoxy groups -OCH3 is 1. The fourth-order valence-electron chi connectivity index (χ4n) is 4.00. The molecule has 1 aliphatic rings. The third-order valence-corrected chi connectivity index (χ3v) is 5.60. The Hall–Kier alpha value is -2.83. The van der Waals surface area contributed by atoms with Crippen LogP contribution < -0.4 is 10.2 Å². The number of benzene rings is 2. The molecule has 30 heavy (non-hydrogen) atoms. The second-order valence-corrected chi connectivity index (χ2v) is 8.05. The lowest BCUT2D eigenvalue weighted by molar-refractivity contribution is 0.0721. The fourth-order valence-corrected chi connectivity index (χ4v) is 4.17. The first-order chi connectivity index (χ1) is 14.4. The van der Waals surface area contributed by atoms with E-state index in [2.05, 4.69) is 4.90 Å². The highest BCUT2D eigenvalue weighted by molar-refractivity contribution is 6.31. The number of hydrogen-bond acceptors (Lipinski definition) is 5. The highest BCUT2D eigenvalue weighted by atomic mass is 35.5. The van der Waals surface area contributed by atoms with Crippen molar-refractivity contribution < 1.29 is 13.9 Å². The fraction of sp³-hybridized carbons (Fsp3) is 0.304. The SMILES string of the molecule is COc1ccccc1[C@@H]1c2c(oc3ccc(Cl)cc3c2=O)C(=O)N1CCCN(C)C. The molecule has 0 saturated carbocycles. The van der Waals surface area contributed by atoms with E-state index in [-0.39, 0.29) is 17.1 Å². The van der Waals surface area contributed by atoms with Gasteiger partial charge in [0.05, 0.1) is 24.1 Å². The maximum Gasteiger partial charge on any atom is 0.290 e. The smallest absolute Gasteiger partial charge is 0.290 e. The van der Waals surface area contributed by atoms with Gasteiger partial charge in [-0.3, -0.25) is 9.59 Å². The van der Waals surface area contributed by atoms with Gasteiger partial charge in [0, 0.05) is 17.1 Å². The maximum absolute atomic E-state index is 13.5. The highest BCUT2D eigenvalue weighted by Crippen LogP contribution is 2.41. The largest absolute Gasteiger partial charge is 0.496 e. The van der Waals surface area contributed by atoms with Crippen molar-refractivity contribution in [3.05, 3.63) is 74.6 Å². The normalized spacial score (nSPS) is 15.8. The zero-order valence-electron chi connectivity index (χ0n) is 17.1. The molecule has 4 rings (SSSR count). The van der Waals surface area contributed by atoms with Gasteiger partial charge < -0.3 is 19.0 Å². The van der Waals surface area contributed by atoms with Gasteiger partial charge in [-0.2, -0.15) is 0 Å². The van der Waals surface area contributed by atoms with E-state index in [0.717, 1.165) is 18.5 Å². The second-order valence-electron chi connectivity index (χ2n) is 7.61. The van der Waals surface area contributed by atoms with Crippen LogP contribution in [0.2, 0.25) is 5.02 Å². The third-order valence-electron chi connectivity index (χ3n) is 5.37. The monoisotopic (exact) mass is 426 g/mol. The van der Waals surface area contributed by atoms with Crippen molar-refractivity contribution in [3.63, 3.8) is 0 Å². The predicted octanol–water partition coefficient (Wildman–Crippen LogP) is 3.95. The minimum absolute atomic E-state index is 0.0931. The van der Waals surface area contributed by atoms with Crippen LogP contribution in [0.15, 0.2) is 51.7 Å². The Kier molecular flexibility index (Phi) is 5.54. The van der Waals surface area contributed by atoms with Crippen LogP contribution in [-0.2, 0) is 0 Å². The molecule has 0 radical (unpaired) electrons. The Bertz CT molecular complexity index is 1170. The summed E-state index contributed by atoms with van der Waals surface area (Å²) in [5, 5.41) is 0.805. The first-order valence-electron chi connectivity index (χ1n) is 9.77. The molecule has 2 heterocycles. The molecule has 7 heteroatoms. The van der Waals surface area contributed by atoms with Gasteiger partial charge in [-0.15, -0.1) is 0 Å². The number of carbonyl (C=O) groups is 1. The molecule has 1 aromatic heterocycles. The predicted molar refractivity (Wildman–Crippen MR) is 117 cm³/mol. The van der Waals surface area contributed by atoms with Crippen molar-refractivity contribution in [2.75, 3.05) is 34.3 Å². The molecule has 6 nitrogen and oxygen atoms in total. The van der Waals surface area contributed by atoms with Gasteiger partial charge >= 0.3 is 0 Å². The Labute approximate surface area is 179 Å². The lowest BCUT2D eigenvalue weighted by atomic mass is 9.97. The van der Waals surface area contributed by atoms with Gasteiger partial charge in [0.15, 0.2) is 5.43 Å². The summed E-state index contributed by atoms with van der Waals surface area (Å²) in [6.45, 7) is 1.30. The van der Waals surface area contributed by atoms with Crippen LogP contribution in [0.5, 0.6) is 5.75 Å². The summed E-state index contributed by atoms with van der Waals surface area (Å²) in [5.41, 5.74) is 1.20. The molecule has 0 fully saturated rings. The first kappa shape index (κ1) is 20.4. The first-order valence-corrected chi connectivity index (χ1v) is 10.1. The quantitative estimate of drug-likeness (QED) is 0.597. The summed E-state index contributed by atoms with van der Waals surface area (Å²) in [6.07, 6.45) is 0.762. The lowest BCUT2D eigenvalue weighted by Crippen LogP contribution is -2.32. The maximum atomic E-state index is 13.5. The van der Waals surface area contributed by atoms with Gasteiger partial charge in [-0.1, -0.05) is 29.8 Å². The van der Waals surface area contributed by atoms with E-state index in [1.54, 1.807) is 30.2 Å². The highest BCUT2D eigenvalue weighted by Gasteiger charge is 2.43. The number of fused-ring (bicyclic) bond motifs is 2. The van der Waals surface area contributed by atoms with E-state index >= 15 is 0 Å². The Morgan fingerprint density at radius 3 is 2.67 bits per heavy atom. The summed E-state index contributed by atoms with van der Waals surface area (Å²) in [7, 11) is 5.55. The molecule has 1 amide bonds. The number of carbonyl (C=O) groups excluding carboxylic acids is 1. The van der Waals surface area contributed by atoms with Crippen molar-refractivity contribution in [1.29, 1.82) is 0 Å². The standard InChI is InChI=1S/C23H23ClN2O4/c1-25(2)11-6-12-26-20(15-7-4-5-8-17(15)29-3)19-21(27)16-13-14(24)9-10-18(16)30-22(19)23(26)28/h4-5,7-10,13,20H,6,11-12H2,1-3H3/t20-/m1/s1. The number of hydrogen-bond donors (Lipinski definition) is 0. The van der Waals surface area contributed by atoms with Crippen molar-refractivity contribution in [2.24, 2.45) is 0 Å². The summed E-state index contributed by atoms with van der Waals surface area (Å²) in [5.74, 6) is 0.426. The summed E-state index contributed by atoms with van der Waals surface area (Å²) in [4.78, 5) is 30.6. The van der Waals surface area contributed by atoms with Gasteiger partial charge in [-0.05, 0) is 51.3 Å². The molecule has 0 saturated heterocycles. The van der Waals surface area contributed by atoms with Crippen LogP contribution >= 0.6 is 11.6 Å². The number of nitrogens with zero attached hydrogens (tertiary/aromatic N) is 2. The van der Waals surface area contributed by atoms with E-state index < -0.39 is 6.04 Å². The Morgan fingerprint density at radius 1 is 1.17 bits per heavy atom. The molecule has 0 N–H and O–H groups in total. The molecule has 3 aromatic rings. The molecule has 1 atom stereocenters. The molecule has 0 spiro atoms. The van der Waals surface area contributed by atoms with E-state index in [4.69, 9.17) is 20.8 Å². The van der Waals surface area contributed by atoms with Gasteiger partial charge in [0.1, 0.15) is 11.3 Å². The van der Waals surface area contributed by atoms with E-state index in [1.807, 2.05) is 38.4 Å². The lowest BCUT2D eigenvalue weighted by Gasteiger charge is -2.26. The number of amides is 1. The van der Waals surface area contributed by atoms with Crippen molar-refractivity contribution >= 4 is 28.5 Å². The molecule has 1 aliphatic heterocycles. The number of ether oxygens (including phenoxy) is 1. The van der Waals surface area contributed by atoms with Gasteiger partial charge in [0.2, 0.25) is 5.76 Å². The Morgan fingerprint density at radius 2 is 1.93 bits per heavy atom. The van der Waals surface area contributed by atoms with Crippen molar-refractivity contribution in [2.45, 2.75) is 12.5 Å². The molecule has 0 bridgehead atoms. The van der Waals surface area contributed by atoms with Crippen LogP contribution in [0.1, 0.15) is 34.1 Å². The van der Waals surface area contributed by atoms with Crippen LogP contribution in [0.4, 0.5) is 0 Å². The van der Waals surface area contributed by atoms with Crippen LogP contribution in [0.25, 0.3) is 11.0 Å². The molecule has 0 unspecified atom stereocenters. The average molecular weight is 427 g/mol. The minimum Gasteiger partial charge on any atom is -0.496 e. The van der Waals surface area contributed by atoms with E-state index in [0.29, 0.717) is 33.8 Å². The molecule has 0 aliphatic carbocycles. The topological polar surface area (TPSA) is 63.0 Å². The van der Waals surface area contributed by atoms with Crippen molar-refractivity contribution in [3.8, 4) is 5.75 Å². The second kappa shape index (κ2) is 8.13. The Balaban J connectivity index is 1.92. The number of para-hydroxylation sites is 1.